The summed E-state index contributed by atoms with van der Waals surface area (Å²) in [5, 5.41) is 3.03. The van der Waals surface area contributed by atoms with E-state index in [0.29, 0.717) is 6.54 Å². The highest BCUT2D eigenvalue weighted by atomic mass is 19.1. The summed E-state index contributed by atoms with van der Waals surface area (Å²) in [7, 11) is 0. The van der Waals surface area contributed by atoms with Crippen LogP contribution in [0, 0.1) is 12.7 Å². The van der Waals surface area contributed by atoms with Crippen LogP contribution in [0.3, 0.4) is 0 Å². The summed E-state index contributed by atoms with van der Waals surface area (Å²) in [6.07, 6.45) is 1.76. The van der Waals surface area contributed by atoms with Gasteiger partial charge in [0.15, 0.2) is 0 Å². The number of likely N-dealkylation sites (tertiary alicyclic amines) is 1. The van der Waals surface area contributed by atoms with Crippen LogP contribution >= 0.6 is 0 Å². The predicted octanol–water partition coefficient (Wildman–Crippen LogP) is 7.39. The molecule has 2 aliphatic rings. The Bertz CT molecular complexity index is 1440. The zero-order chi connectivity index (χ0) is 26.1. The van der Waals surface area contributed by atoms with E-state index in [4.69, 9.17) is 0 Å². The van der Waals surface area contributed by atoms with Crippen molar-refractivity contribution in [3.05, 3.63) is 120 Å². The number of piperidine rings is 1. The van der Waals surface area contributed by atoms with Crippen molar-refractivity contribution in [1.82, 2.24) is 4.90 Å². The molecule has 4 aromatic rings. The molecule has 1 saturated heterocycles. The van der Waals surface area contributed by atoms with Gasteiger partial charge < -0.3 is 5.32 Å². The van der Waals surface area contributed by atoms with Gasteiger partial charge in [-0.1, -0.05) is 72.3 Å². The molecule has 2 amide bonds. The largest absolute Gasteiger partial charge is 0.326 e. The highest BCUT2D eigenvalue weighted by Gasteiger charge is 2.46. The predicted molar refractivity (Wildman–Crippen MR) is 152 cm³/mol. The molecule has 2 heterocycles. The first-order valence-electron chi connectivity index (χ1n) is 13.3. The molecule has 192 valence electrons. The van der Waals surface area contributed by atoms with Crippen LogP contribution in [-0.2, 0) is 12.0 Å². The Kier molecular flexibility index (Phi) is 6.46. The number of nitrogens with zero attached hydrogens (tertiary/aromatic N) is 2. The van der Waals surface area contributed by atoms with Gasteiger partial charge >= 0.3 is 6.03 Å². The van der Waals surface area contributed by atoms with Crippen LogP contribution in [0.5, 0.6) is 0 Å². The second-order valence-corrected chi connectivity index (χ2v) is 10.6. The lowest BCUT2D eigenvalue weighted by atomic mass is 9.74. The fraction of sp³-hybridized carbons (Fsp3) is 0.242. The van der Waals surface area contributed by atoms with Crippen molar-refractivity contribution in [2.24, 2.45) is 0 Å². The molecule has 0 aromatic heterocycles. The Balaban J connectivity index is 1.20. The average Bonchev–Trinajstić information content (AvgIpc) is 3.25. The third kappa shape index (κ3) is 4.70. The molecule has 0 atom stereocenters. The van der Waals surface area contributed by atoms with Crippen molar-refractivity contribution in [2.45, 2.75) is 31.7 Å². The first-order valence-corrected chi connectivity index (χ1v) is 13.3. The van der Waals surface area contributed by atoms with Gasteiger partial charge in [0.05, 0.1) is 0 Å². The third-order valence-corrected chi connectivity index (χ3v) is 8.14. The molecule has 4 aromatic carbocycles. The molecule has 0 radical (unpaired) electrons. The monoisotopic (exact) mass is 505 g/mol. The number of amides is 2. The first kappa shape index (κ1) is 24.4. The van der Waals surface area contributed by atoms with Crippen LogP contribution in [0.25, 0.3) is 11.1 Å². The van der Waals surface area contributed by atoms with E-state index in [1.165, 1.54) is 22.8 Å². The van der Waals surface area contributed by atoms with E-state index < -0.39 is 0 Å². The number of carbonyl (C=O) groups is 1. The van der Waals surface area contributed by atoms with Gasteiger partial charge in [-0.2, -0.15) is 0 Å². The number of hydrogen-bond acceptors (Lipinski definition) is 2. The van der Waals surface area contributed by atoms with Crippen molar-refractivity contribution in [2.75, 3.05) is 29.9 Å². The Morgan fingerprint density at radius 3 is 2.37 bits per heavy atom. The highest BCUT2D eigenvalue weighted by molar-refractivity contribution is 6.03. The third-order valence-electron chi connectivity index (χ3n) is 8.14. The maximum atomic E-state index is 14.5. The van der Waals surface area contributed by atoms with Crippen molar-refractivity contribution < 1.29 is 9.18 Å². The van der Waals surface area contributed by atoms with Gasteiger partial charge in [-0.25, -0.2) is 9.18 Å². The summed E-state index contributed by atoms with van der Waals surface area (Å²) in [5.74, 6) is -0.247. The molecule has 1 spiro atoms. The summed E-state index contributed by atoms with van der Waals surface area (Å²) in [6.45, 7) is 5.25. The molecular weight excluding hydrogens is 473 g/mol. The number of urea groups is 1. The van der Waals surface area contributed by atoms with Gasteiger partial charge in [0.1, 0.15) is 5.82 Å². The zero-order valence-electron chi connectivity index (χ0n) is 21.7. The minimum Gasteiger partial charge on any atom is -0.308 e. The number of halogens is 1. The second kappa shape index (κ2) is 10.1. The minimum absolute atomic E-state index is 0.169. The van der Waals surface area contributed by atoms with Crippen LogP contribution in [-0.4, -0.2) is 30.6 Å². The van der Waals surface area contributed by atoms with Crippen LogP contribution < -0.4 is 10.2 Å². The van der Waals surface area contributed by atoms with E-state index in [1.54, 1.807) is 17.0 Å². The molecule has 6 rings (SSSR count). The molecule has 1 N–H and O–H groups in total. The molecule has 5 heteroatoms. The van der Waals surface area contributed by atoms with Crippen molar-refractivity contribution in [3.8, 4) is 11.1 Å². The normalized spacial score (nSPS) is 16.4. The topological polar surface area (TPSA) is 35.6 Å². The number of hydrogen-bond donors (Lipinski definition) is 1. The smallest absolute Gasteiger partial charge is 0.308 e. The molecule has 4 nitrogen and oxygen atoms in total. The minimum atomic E-state index is -0.247. The number of rotatable bonds is 4. The second-order valence-electron chi connectivity index (χ2n) is 10.6. The van der Waals surface area contributed by atoms with E-state index in [9.17, 15) is 9.18 Å². The highest BCUT2D eigenvalue weighted by Crippen LogP contribution is 2.47. The molecule has 2 aliphatic heterocycles. The number of anilines is 2. The fourth-order valence-electron chi connectivity index (χ4n) is 6.02. The van der Waals surface area contributed by atoms with E-state index in [1.807, 2.05) is 37.3 Å². The van der Waals surface area contributed by atoms with Crippen molar-refractivity contribution >= 4 is 17.4 Å². The lowest BCUT2D eigenvalue weighted by molar-refractivity contribution is 0.160. The Hall–Kier alpha value is -3.96. The van der Waals surface area contributed by atoms with Crippen molar-refractivity contribution in [3.63, 3.8) is 0 Å². The molecule has 0 unspecified atom stereocenters. The van der Waals surface area contributed by atoms with Gasteiger partial charge in [0.2, 0.25) is 0 Å². The number of benzene rings is 4. The van der Waals surface area contributed by atoms with Gasteiger partial charge in [-0.05, 0) is 85.4 Å². The molecule has 38 heavy (non-hydrogen) atoms. The van der Waals surface area contributed by atoms with E-state index in [-0.39, 0.29) is 17.3 Å². The lowest BCUT2D eigenvalue weighted by Crippen LogP contribution is -2.46. The maximum absolute atomic E-state index is 14.5. The number of fused-ring (bicyclic) bond motifs is 2. The summed E-state index contributed by atoms with van der Waals surface area (Å²) < 4.78 is 14.5. The number of aryl methyl sites for hydroxylation is 1. The van der Waals surface area contributed by atoms with Crippen molar-refractivity contribution in [1.29, 1.82) is 0 Å². The van der Waals surface area contributed by atoms with Crippen LogP contribution in [0.2, 0.25) is 0 Å². The van der Waals surface area contributed by atoms with Crippen LogP contribution in [0.1, 0.15) is 29.5 Å². The average molecular weight is 506 g/mol. The SMILES string of the molecule is Cc1ccc(NC(=O)N2CC3(CCN(Cc4ccccc4-c4ccccc4)CC3)c3cc(F)ccc32)cc1. The number of nitrogens with one attached hydrogen (secondary N) is 1. The Morgan fingerprint density at radius 1 is 0.895 bits per heavy atom. The van der Waals surface area contributed by atoms with Gasteiger partial charge in [-0.3, -0.25) is 9.80 Å². The Labute approximate surface area is 223 Å². The molecule has 0 bridgehead atoms. The van der Waals surface area contributed by atoms with Crippen LogP contribution in [0.4, 0.5) is 20.6 Å². The maximum Gasteiger partial charge on any atom is 0.326 e. The summed E-state index contributed by atoms with van der Waals surface area (Å²) >= 11 is 0. The van der Waals surface area contributed by atoms with E-state index >= 15 is 0 Å². The molecular formula is C33H32FN3O. The Morgan fingerprint density at radius 2 is 1.61 bits per heavy atom. The molecule has 0 aliphatic carbocycles. The molecule has 0 saturated carbocycles. The first-order chi connectivity index (χ1) is 18.5. The quantitative estimate of drug-likeness (QED) is 0.314. The lowest BCUT2D eigenvalue weighted by Gasteiger charge is -2.40. The summed E-state index contributed by atoms with van der Waals surface area (Å²) in [6, 6.07) is 31.6. The van der Waals surface area contributed by atoms with Crippen LogP contribution in [0.15, 0.2) is 97.1 Å². The zero-order valence-corrected chi connectivity index (χ0v) is 21.7. The van der Waals surface area contributed by atoms with Gasteiger partial charge in [0, 0.05) is 29.9 Å². The standard InChI is InChI=1S/C33H32FN3O/c1-24-11-14-28(15-12-24)35-32(38)37-23-33(30-21-27(34)13-16-31(30)37)17-19-36(20-18-33)22-26-9-5-6-10-29(26)25-7-3-2-4-8-25/h2-16,21H,17-20,22-23H2,1H3,(H,35,38). The van der Waals surface area contributed by atoms with Gasteiger partial charge in [-0.15, -0.1) is 0 Å². The summed E-state index contributed by atoms with van der Waals surface area (Å²) in [5.41, 5.74) is 7.25. The molecule has 1 fully saturated rings. The fourth-order valence-corrected chi connectivity index (χ4v) is 6.02. The van der Waals surface area contributed by atoms with E-state index in [0.717, 1.165) is 55.0 Å². The number of carbonyl (C=O) groups excluding carboxylic acids is 1. The summed E-state index contributed by atoms with van der Waals surface area (Å²) in [4.78, 5) is 17.6. The van der Waals surface area contributed by atoms with Gasteiger partial charge in [0.25, 0.3) is 0 Å². The van der Waals surface area contributed by atoms with E-state index in [2.05, 4.69) is 58.7 Å².